The molecular formula is H4Be2O4Ti. The fourth-order valence-electron chi connectivity index (χ4n) is 0. The molecule has 0 aromatic heterocycles. The van der Waals surface area contributed by atoms with E-state index in [1.54, 1.807) is 0 Å². The Kier molecular flexibility index (Phi) is 20200. The summed E-state index contributed by atoms with van der Waals surface area (Å²) in [4.78, 5) is 0. The molecule has 0 aliphatic carbocycles. The Bertz CT molecular complexity index is 9.65. The van der Waals surface area contributed by atoms with Crippen LogP contribution in [0.4, 0.5) is 0 Å². The third kappa shape index (κ3) is 207. The van der Waals surface area contributed by atoms with Crippen molar-refractivity contribution in [1.29, 1.82) is 0 Å². The first-order chi connectivity index (χ1) is 0. The zero-order chi connectivity index (χ0) is 0. The molecule has 0 aromatic rings. The van der Waals surface area contributed by atoms with Crippen LogP contribution in [0.15, 0.2) is 0 Å². The molecular weight excluding hydrogens is 130 g/mol. The van der Waals surface area contributed by atoms with Crippen molar-refractivity contribution in [3.8, 4) is 0 Å². The minimum absolute atomic E-state index is 0. The zero-order valence-electron chi connectivity index (χ0n) is 3.70. The molecule has 0 atom stereocenters. The van der Waals surface area contributed by atoms with E-state index in [2.05, 4.69) is 0 Å². The second-order valence-electron chi connectivity index (χ2n) is 0. The molecule has 0 saturated heterocycles. The summed E-state index contributed by atoms with van der Waals surface area (Å²) in [5.41, 5.74) is 0. The SMILES string of the molecule is [Be+2].[Be+2].[OH-].[OH-].[OH-].[OH-].[Ti]. The Morgan fingerprint density at radius 2 is 0.429 bits per heavy atom. The average molecular weight is 134 g/mol. The van der Waals surface area contributed by atoms with Crippen LogP contribution in [-0.4, -0.2) is 42.1 Å². The smallest absolute Gasteiger partial charge is 0.870 e. The summed E-state index contributed by atoms with van der Waals surface area (Å²) < 4.78 is 0. The van der Waals surface area contributed by atoms with Crippen molar-refractivity contribution in [3.63, 3.8) is 0 Å². The molecule has 36 valence electrons. The number of hydrogen-bond donors (Lipinski definition) is 0. The van der Waals surface area contributed by atoms with Crippen LogP contribution in [0.2, 0.25) is 0 Å². The quantitative estimate of drug-likeness (QED) is 0.375. The van der Waals surface area contributed by atoms with Crippen LogP contribution >= 0.6 is 0 Å². The molecule has 0 aliphatic rings. The van der Waals surface area contributed by atoms with Gasteiger partial charge in [0.2, 0.25) is 0 Å². The van der Waals surface area contributed by atoms with Crippen molar-refractivity contribution in [2.75, 3.05) is 0 Å². The van der Waals surface area contributed by atoms with Gasteiger partial charge in [-0.3, -0.25) is 0 Å². The van der Waals surface area contributed by atoms with E-state index in [1.807, 2.05) is 0 Å². The van der Waals surface area contributed by atoms with Crippen molar-refractivity contribution in [2.45, 2.75) is 0 Å². The van der Waals surface area contributed by atoms with Crippen LogP contribution < -0.4 is 0 Å². The fourth-order valence-corrected chi connectivity index (χ4v) is 0. The summed E-state index contributed by atoms with van der Waals surface area (Å²) in [6, 6.07) is 0. The molecule has 4 nitrogen and oxygen atoms in total. The predicted molar refractivity (Wildman–Crippen MR) is 19.3 cm³/mol. The monoisotopic (exact) mass is 134 g/mol. The van der Waals surface area contributed by atoms with Gasteiger partial charge in [-0.25, -0.2) is 0 Å². The molecule has 0 saturated carbocycles. The molecule has 4 N–H and O–H groups in total. The summed E-state index contributed by atoms with van der Waals surface area (Å²) in [6.45, 7) is 0. The maximum atomic E-state index is 0. The van der Waals surface area contributed by atoms with Gasteiger partial charge in [0.15, 0.2) is 0 Å². The van der Waals surface area contributed by atoms with E-state index in [4.69, 9.17) is 0 Å². The Labute approximate surface area is 64.2 Å². The van der Waals surface area contributed by atoms with Crippen molar-refractivity contribution in [3.05, 3.63) is 0 Å². The number of hydrogen-bond acceptors (Lipinski definition) is 4. The molecule has 0 unspecified atom stereocenters. The summed E-state index contributed by atoms with van der Waals surface area (Å²) in [7, 11) is 0. The summed E-state index contributed by atoms with van der Waals surface area (Å²) in [5.74, 6) is 0. The normalized spacial score (nSPS) is 0. The predicted octanol–water partition coefficient (Wildman–Crippen LogP) is -1.47. The molecule has 0 heterocycles. The minimum Gasteiger partial charge on any atom is -0.870 e. The summed E-state index contributed by atoms with van der Waals surface area (Å²) in [6.07, 6.45) is 0. The van der Waals surface area contributed by atoms with Gasteiger partial charge in [-0.1, -0.05) is 0 Å². The van der Waals surface area contributed by atoms with Gasteiger partial charge in [0, 0.05) is 21.7 Å². The first kappa shape index (κ1) is 471. The third-order valence-electron chi connectivity index (χ3n) is 0. The van der Waals surface area contributed by atoms with Crippen LogP contribution in [0.5, 0.6) is 0 Å². The van der Waals surface area contributed by atoms with Gasteiger partial charge >= 0.3 is 20.2 Å². The van der Waals surface area contributed by atoms with Crippen molar-refractivity contribution in [2.24, 2.45) is 0 Å². The van der Waals surface area contributed by atoms with E-state index in [0.717, 1.165) is 0 Å². The Morgan fingerprint density at radius 3 is 0.429 bits per heavy atom. The van der Waals surface area contributed by atoms with E-state index in [1.165, 1.54) is 0 Å². The van der Waals surface area contributed by atoms with Gasteiger partial charge in [0.1, 0.15) is 0 Å². The topological polar surface area (TPSA) is 120 Å². The standard InChI is InChI=1S/2Be.4H2O.Ti/h;;4*1H2;/q2*+2;;;;;/p-4. The van der Waals surface area contributed by atoms with Gasteiger partial charge in [0.05, 0.1) is 0 Å². The van der Waals surface area contributed by atoms with Gasteiger partial charge in [-0.05, 0) is 0 Å². The van der Waals surface area contributed by atoms with Crippen LogP contribution in [0, 0.1) is 0 Å². The second-order valence-corrected chi connectivity index (χ2v) is 0. The van der Waals surface area contributed by atoms with E-state index >= 15 is 0 Å². The largest absolute Gasteiger partial charge is 2.00 e. The van der Waals surface area contributed by atoms with Crippen LogP contribution in [-0.2, 0) is 21.7 Å². The molecule has 0 bridgehead atoms. The maximum absolute atomic E-state index is 0. The number of rotatable bonds is 0. The minimum atomic E-state index is 0. The second kappa shape index (κ2) is 301. The average Bonchev–Trinajstić information content (AvgIpc) is 0. The van der Waals surface area contributed by atoms with Crippen LogP contribution in [0.1, 0.15) is 0 Å². The third-order valence-corrected chi connectivity index (χ3v) is 0. The molecule has 0 rings (SSSR count). The van der Waals surface area contributed by atoms with Crippen LogP contribution in [0.25, 0.3) is 0 Å². The zero-order valence-corrected chi connectivity index (χ0v) is 5.26. The Hall–Kier alpha value is 0.892. The molecule has 0 spiro atoms. The fraction of sp³-hybridized carbons (Fsp3) is 0. The van der Waals surface area contributed by atoms with Gasteiger partial charge < -0.3 is 21.9 Å². The van der Waals surface area contributed by atoms with E-state index in [9.17, 15) is 0 Å². The molecule has 7 heteroatoms. The molecule has 0 amide bonds. The van der Waals surface area contributed by atoms with Gasteiger partial charge in [0.25, 0.3) is 0 Å². The summed E-state index contributed by atoms with van der Waals surface area (Å²) in [5, 5.41) is 0. The van der Waals surface area contributed by atoms with E-state index in [0.29, 0.717) is 0 Å². The molecule has 0 radical (unpaired) electrons. The first-order valence-corrected chi connectivity index (χ1v) is 0. The van der Waals surface area contributed by atoms with E-state index in [-0.39, 0.29) is 63.9 Å². The van der Waals surface area contributed by atoms with Gasteiger partial charge in [-0.2, -0.15) is 0 Å². The van der Waals surface area contributed by atoms with Crippen molar-refractivity contribution < 1.29 is 43.6 Å². The molecule has 0 aliphatic heterocycles. The Morgan fingerprint density at radius 1 is 0.429 bits per heavy atom. The van der Waals surface area contributed by atoms with E-state index < -0.39 is 0 Å². The Balaban J connectivity index is 0. The molecule has 0 fully saturated rings. The maximum Gasteiger partial charge on any atom is 2.00 e. The first-order valence-electron chi connectivity index (χ1n) is 0. The van der Waals surface area contributed by atoms with Gasteiger partial charge in [-0.15, -0.1) is 0 Å². The molecule has 7 heavy (non-hydrogen) atoms. The van der Waals surface area contributed by atoms with Crippen molar-refractivity contribution >= 4 is 20.2 Å². The summed E-state index contributed by atoms with van der Waals surface area (Å²) >= 11 is 0. The van der Waals surface area contributed by atoms with Crippen molar-refractivity contribution in [1.82, 2.24) is 0 Å². The molecule has 0 aromatic carbocycles. The van der Waals surface area contributed by atoms with Crippen LogP contribution in [0.3, 0.4) is 0 Å².